The molecule has 0 fully saturated rings. The standard InChI is InChI=1S/C18H25NOS/c1-5-14-9-10-21-18(14)16(19-6-2)12-15-11-13(3)7-8-17(15)20-4/h7-11,16,19H,5-6,12H2,1-4H3. The fourth-order valence-corrected chi connectivity index (χ4v) is 3.81. The minimum atomic E-state index is 0.362. The van der Waals surface area contributed by atoms with Crippen molar-refractivity contribution in [3.63, 3.8) is 0 Å². The van der Waals surface area contributed by atoms with Crippen molar-refractivity contribution in [3.8, 4) is 5.75 Å². The van der Waals surface area contributed by atoms with Crippen LogP contribution >= 0.6 is 11.3 Å². The molecule has 1 atom stereocenters. The highest BCUT2D eigenvalue weighted by molar-refractivity contribution is 7.10. The summed E-state index contributed by atoms with van der Waals surface area (Å²) in [5, 5.41) is 5.83. The van der Waals surface area contributed by atoms with Crippen LogP contribution in [0.1, 0.15) is 41.5 Å². The van der Waals surface area contributed by atoms with Gasteiger partial charge in [-0.3, -0.25) is 0 Å². The topological polar surface area (TPSA) is 21.3 Å². The Balaban J connectivity index is 2.30. The molecule has 0 spiro atoms. The molecule has 0 saturated heterocycles. The van der Waals surface area contributed by atoms with E-state index in [0.717, 1.165) is 25.1 Å². The number of methoxy groups -OCH3 is 1. The van der Waals surface area contributed by atoms with Gasteiger partial charge < -0.3 is 10.1 Å². The lowest BCUT2D eigenvalue weighted by atomic mass is 9.99. The molecule has 0 bridgehead atoms. The number of ether oxygens (including phenoxy) is 1. The maximum atomic E-state index is 5.53. The lowest BCUT2D eigenvalue weighted by Gasteiger charge is -2.20. The van der Waals surface area contributed by atoms with Crippen LogP contribution in [-0.4, -0.2) is 13.7 Å². The summed E-state index contributed by atoms with van der Waals surface area (Å²) >= 11 is 1.86. The Kier molecular flexibility index (Phi) is 5.83. The molecular formula is C18H25NOS. The summed E-state index contributed by atoms with van der Waals surface area (Å²) in [5.74, 6) is 0.984. The predicted octanol–water partition coefficient (Wildman–Crippen LogP) is 4.52. The van der Waals surface area contributed by atoms with Crippen molar-refractivity contribution in [1.29, 1.82) is 0 Å². The fourth-order valence-electron chi connectivity index (χ4n) is 2.74. The molecule has 1 unspecified atom stereocenters. The second-order valence-electron chi connectivity index (χ2n) is 5.29. The maximum absolute atomic E-state index is 5.53. The molecule has 2 aromatic rings. The average molecular weight is 303 g/mol. The van der Waals surface area contributed by atoms with Crippen molar-refractivity contribution in [2.75, 3.05) is 13.7 Å². The Morgan fingerprint density at radius 3 is 2.67 bits per heavy atom. The molecule has 3 heteroatoms. The van der Waals surface area contributed by atoms with E-state index in [1.54, 1.807) is 7.11 Å². The molecule has 0 saturated carbocycles. The highest BCUT2D eigenvalue weighted by Gasteiger charge is 2.18. The highest BCUT2D eigenvalue weighted by atomic mass is 32.1. The first kappa shape index (κ1) is 16.1. The second kappa shape index (κ2) is 7.62. The average Bonchev–Trinajstić information content (AvgIpc) is 2.95. The van der Waals surface area contributed by atoms with E-state index in [0.29, 0.717) is 6.04 Å². The third kappa shape index (κ3) is 3.86. The van der Waals surface area contributed by atoms with Gasteiger partial charge in [0.05, 0.1) is 7.11 Å². The minimum Gasteiger partial charge on any atom is -0.496 e. The Labute approximate surface area is 132 Å². The third-order valence-corrected chi connectivity index (χ3v) is 4.86. The van der Waals surface area contributed by atoms with Crippen molar-refractivity contribution in [1.82, 2.24) is 5.32 Å². The van der Waals surface area contributed by atoms with Gasteiger partial charge in [0.15, 0.2) is 0 Å². The van der Waals surface area contributed by atoms with Gasteiger partial charge in [-0.2, -0.15) is 0 Å². The lowest BCUT2D eigenvalue weighted by Crippen LogP contribution is -2.23. The van der Waals surface area contributed by atoms with E-state index in [1.165, 1.54) is 21.6 Å². The van der Waals surface area contributed by atoms with Crippen LogP contribution in [0.15, 0.2) is 29.6 Å². The zero-order chi connectivity index (χ0) is 15.2. The fraction of sp³-hybridized carbons (Fsp3) is 0.444. The van der Waals surface area contributed by atoms with Crippen molar-refractivity contribution in [3.05, 3.63) is 51.2 Å². The number of benzene rings is 1. The summed E-state index contributed by atoms with van der Waals surface area (Å²) in [4.78, 5) is 1.46. The Hall–Kier alpha value is -1.32. The number of hydrogen-bond acceptors (Lipinski definition) is 3. The molecule has 2 rings (SSSR count). The van der Waals surface area contributed by atoms with E-state index in [-0.39, 0.29) is 0 Å². The first-order chi connectivity index (χ1) is 10.2. The van der Waals surface area contributed by atoms with Gasteiger partial charge in [0.25, 0.3) is 0 Å². The molecule has 0 aliphatic rings. The Bertz CT molecular complexity index is 576. The third-order valence-electron chi connectivity index (χ3n) is 3.79. The van der Waals surface area contributed by atoms with Crippen LogP contribution in [-0.2, 0) is 12.8 Å². The molecular weight excluding hydrogens is 278 g/mol. The zero-order valence-electron chi connectivity index (χ0n) is 13.4. The molecule has 1 heterocycles. The molecule has 1 aromatic carbocycles. The number of likely N-dealkylation sites (N-methyl/N-ethyl adjacent to an activating group) is 1. The lowest BCUT2D eigenvalue weighted by molar-refractivity contribution is 0.405. The summed E-state index contributed by atoms with van der Waals surface area (Å²) < 4.78 is 5.53. The summed E-state index contributed by atoms with van der Waals surface area (Å²) in [7, 11) is 1.75. The highest BCUT2D eigenvalue weighted by Crippen LogP contribution is 2.31. The van der Waals surface area contributed by atoms with Gasteiger partial charge in [-0.25, -0.2) is 0 Å². The predicted molar refractivity (Wildman–Crippen MR) is 91.5 cm³/mol. The Morgan fingerprint density at radius 1 is 1.19 bits per heavy atom. The molecule has 21 heavy (non-hydrogen) atoms. The second-order valence-corrected chi connectivity index (χ2v) is 6.24. The number of aryl methyl sites for hydroxylation is 2. The zero-order valence-corrected chi connectivity index (χ0v) is 14.2. The van der Waals surface area contributed by atoms with E-state index in [4.69, 9.17) is 4.74 Å². The summed E-state index contributed by atoms with van der Waals surface area (Å²) in [6.07, 6.45) is 2.05. The van der Waals surface area contributed by atoms with E-state index < -0.39 is 0 Å². The first-order valence-electron chi connectivity index (χ1n) is 7.62. The number of hydrogen-bond donors (Lipinski definition) is 1. The largest absolute Gasteiger partial charge is 0.496 e. The molecule has 2 nitrogen and oxygen atoms in total. The van der Waals surface area contributed by atoms with E-state index in [1.807, 2.05) is 11.3 Å². The van der Waals surface area contributed by atoms with Gasteiger partial charge in [0, 0.05) is 10.9 Å². The first-order valence-corrected chi connectivity index (χ1v) is 8.50. The van der Waals surface area contributed by atoms with Gasteiger partial charge in [-0.05, 0) is 54.9 Å². The van der Waals surface area contributed by atoms with E-state index >= 15 is 0 Å². The molecule has 1 aromatic heterocycles. The van der Waals surface area contributed by atoms with Crippen molar-refractivity contribution >= 4 is 11.3 Å². The van der Waals surface area contributed by atoms with Gasteiger partial charge >= 0.3 is 0 Å². The Morgan fingerprint density at radius 2 is 2.00 bits per heavy atom. The van der Waals surface area contributed by atoms with Crippen molar-refractivity contribution < 1.29 is 4.74 Å². The number of nitrogens with one attached hydrogen (secondary N) is 1. The van der Waals surface area contributed by atoms with Crippen LogP contribution in [0.5, 0.6) is 5.75 Å². The molecule has 0 aliphatic heterocycles. The molecule has 114 valence electrons. The summed E-state index contributed by atoms with van der Waals surface area (Å²) in [6, 6.07) is 9.02. The SMILES string of the molecule is CCNC(Cc1cc(C)ccc1OC)c1sccc1CC. The number of thiophene rings is 1. The van der Waals surface area contributed by atoms with Crippen molar-refractivity contribution in [2.45, 2.75) is 39.7 Å². The van der Waals surface area contributed by atoms with Crippen LogP contribution in [0, 0.1) is 6.92 Å². The van der Waals surface area contributed by atoms with E-state index in [2.05, 4.69) is 55.7 Å². The van der Waals surface area contributed by atoms with Gasteiger partial charge in [-0.1, -0.05) is 31.5 Å². The van der Waals surface area contributed by atoms with Gasteiger partial charge in [0.1, 0.15) is 5.75 Å². The summed E-state index contributed by atoms with van der Waals surface area (Å²) in [6.45, 7) is 7.50. The van der Waals surface area contributed by atoms with Crippen LogP contribution in [0.3, 0.4) is 0 Å². The minimum absolute atomic E-state index is 0.362. The molecule has 0 amide bonds. The monoisotopic (exact) mass is 303 g/mol. The van der Waals surface area contributed by atoms with Gasteiger partial charge in [0.2, 0.25) is 0 Å². The molecule has 0 radical (unpaired) electrons. The van der Waals surface area contributed by atoms with Crippen LogP contribution in [0.4, 0.5) is 0 Å². The summed E-state index contributed by atoms with van der Waals surface area (Å²) in [5.41, 5.74) is 4.01. The maximum Gasteiger partial charge on any atom is 0.122 e. The molecule has 1 N–H and O–H groups in total. The van der Waals surface area contributed by atoms with Crippen molar-refractivity contribution in [2.24, 2.45) is 0 Å². The number of rotatable bonds is 7. The van der Waals surface area contributed by atoms with E-state index in [9.17, 15) is 0 Å². The normalized spacial score (nSPS) is 12.4. The quantitative estimate of drug-likeness (QED) is 0.812. The van der Waals surface area contributed by atoms with Crippen LogP contribution < -0.4 is 10.1 Å². The smallest absolute Gasteiger partial charge is 0.122 e. The van der Waals surface area contributed by atoms with Crippen LogP contribution in [0.25, 0.3) is 0 Å². The van der Waals surface area contributed by atoms with Crippen LogP contribution in [0.2, 0.25) is 0 Å². The molecule has 0 aliphatic carbocycles. The van der Waals surface area contributed by atoms with Gasteiger partial charge in [-0.15, -0.1) is 11.3 Å².